The molecule has 0 radical (unpaired) electrons. The van der Waals surface area contributed by atoms with E-state index in [1.54, 1.807) is 25.1 Å². The molecule has 0 atom stereocenters. The maximum atomic E-state index is 11.8. The molecule has 0 bridgehead atoms. The number of aromatic hydroxyl groups is 1. The van der Waals surface area contributed by atoms with Crippen LogP contribution < -0.4 is 0 Å². The molecule has 1 aromatic heterocycles. The van der Waals surface area contributed by atoms with E-state index < -0.39 is 0 Å². The van der Waals surface area contributed by atoms with Crippen LogP contribution in [-0.2, 0) is 16.1 Å². The number of benzene rings is 3. The molecular weight excluding hydrogens is 374 g/mol. The zero-order valence-corrected chi connectivity index (χ0v) is 16.8. The Morgan fingerprint density at radius 3 is 2.57 bits per heavy atom. The Labute approximate surface area is 175 Å². The molecule has 1 N–H and O–H groups in total. The lowest BCUT2D eigenvalue weighted by atomic mass is 10.0. The van der Waals surface area contributed by atoms with Crippen LogP contribution in [0, 0.1) is 0 Å². The summed E-state index contributed by atoms with van der Waals surface area (Å²) in [6.45, 7) is 2.85. The molecule has 150 valence electrons. The number of carbonyl (C=O) groups excluding carboxylic acids is 1. The first-order valence-corrected chi connectivity index (χ1v) is 9.94. The molecule has 4 nitrogen and oxygen atoms in total. The summed E-state index contributed by atoms with van der Waals surface area (Å²) < 4.78 is 7.13. The van der Waals surface area contributed by atoms with Gasteiger partial charge in [0.05, 0.1) is 6.61 Å². The minimum atomic E-state index is -0.345. The number of esters is 1. The second-order valence-electron chi connectivity index (χ2n) is 7.12. The summed E-state index contributed by atoms with van der Waals surface area (Å²) in [6.07, 6.45) is 7.42. The van der Waals surface area contributed by atoms with E-state index in [1.165, 1.54) is 6.08 Å². The van der Waals surface area contributed by atoms with E-state index in [0.29, 0.717) is 13.2 Å². The van der Waals surface area contributed by atoms with Gasteiger partial charge < -0.3 is 14.4 Å². The van der Waals surface area contributed by atoms with Crippen LogP contribution in [0.3, 0.4) is 0 Å². The van der Waals surface area contributed by atoms with Gasteiger partial charge >= 0.3 is 5.97 Å². The van der Waals surface area contributed by atoms with Crippen molar-refractivity contribution in [1.29, 1.82) is 0 Å². The first-order valence-electron chi connectivity index (χ1n) is 9.94. The van der Waals surface area contributed by atoms with Crippen LogP contribution in [0.5, 0.6) is 5.75 Å². The average molecular weight is 397 g/mol. The lowest BCUT2D eigenvalue weighted by molar-refractivity contribution is -0.137. The maximum absolute atomic E-state index is 11.8. The normalized spacial score (nSPS) is 11.2. The summed E-state index contributed by atoms with van der Waals surface area (Å²) in [5.74, 6) is -0.0757. The highest BCUT2D eigenvalue weighted by molar-refractivity contribution is 5.89. The molecule has 0 saturated carbocycles. The van der Waals surface area contributed by atoms with E-state index in [2.05, 4.69) is 35.0 Å². The van der Waals surface area contributed by atoms with E-state index in [1.807, 2.05) is 36.5 Å². The molecule has 4 rings (SSSR count). The second kappa shape index (κ2) is 8.70. The molecule has 3 aromatic carbocycles. The van der Waals surface area contributed by atoms with Crippen molar-refractivity contribution in [3.63, 3.8) is 0 Å². The van der Waals surface area contributed by atoms with Crippen molar-refractivity contribution < 1.29 is 14.6 Å². The molecule has 0 aliphatic carbocycles. The van der Waals surface area contributed by atoms with Gasteiger partial charge in [-0.05, 0) is 53.1 Å². The van der Waals surface area contributed by atoms with Crippen LogP contribution in [0.25, 0.3) is 28.0 Å². The third-order valence-corrected chi connectivity index (χ3v) is 4.93. The Morgan fingerprint density at radius 2 is 1.77 bits per heavy atom. The SMILES string of the molecule is CCOC(=O)C=Cc1cn(Cc2ccc3cc(O)ccc3c2)cc1-c1ccccc1. The van der Waals surface area contributed by atoms with Crippen LogP contribution in [-0.4, -0.2) is 22.2 Å². The number of hydrogen-bond donors (Lipinski definition) is 1. The van der Waals surface area contributed by atoms with Crippen LogP contribution in [0.1, 0.15) is 18.1 Å². The summed E-state index contributed by atoms with van der Waals surface area (Å²) in [5, 5.41) is 11.8. The topological polar surface area (TPSA) is 51.5 Å². The molecular formula is C26H23NO3. The molecule has 4 aromatic rings. The van der Waals surface area contributed by atoms with Gasteiger partial charge in [-0.2, -0.15) is 0 Å². The maximum Gasteiger partial charge on any atom is 0.330 e. The van der Waals surface area contributed by atoms with Crippen molar-refractivity contribution in [1.82, 2.24) is 4.57 Å². The molecule has 0 spiro atoms. The molecule has 0 aliphatic heterocycles. The van der Waals surface area contributed by atoms with Crippen LogP contribution in [0.4, 0.5) is 0 Å². The van der Waals surface area contributed by atoms with Gasteiger partial charge in [0, 0.05) is 36.1 Å². The average Bonchev–Trinajstić information content (AvgIpc) is 3.16. The number of hydrogen-bond acceptors (Lipinski definition) is 3. The first-order chi connectivity index (χ1) is 14.6. The Morgan fingerprint density at radius 1 is 1.00 bits per heavy atom. The number of ether oxygens (including phenoxy) is 1. The number of carbonyl (C=O) groups is 1. The van der Waals surface area contributed by atoms with Crippen LogP contribution in [0.2, 0.25) is 0 Å². The van der Waals surface area contributed by atoms with E-state index in [4.69, 9.17) is 4.74 Å². The minimum absolute atomic E-state index is 0.270. The molecule has 0 saturated heterocycles. The van der Waals surface area contributed by atoms with Gasteiger partial charge in [0.25, 0.3) is 0 Å². The lowest BCUT2D eigenvalue weighted by Crippen LogP contribution is -1.98. The predicted molar refractivity (Wildman–Crippen MR) is 120 cm³/mol. The van der Waals surface area contributed by atoms with Gasteiger partial charge in [0.15, 0.2) is 0 Å². The number of rotatable bonds is 6. The quantitative estimate of drug-likeness (QED) is 0.338. The van der Waals surface area contributed by atoms with E-state index in [-0.39, 0.29) is 11.7 Å². The Balaban J connectivity index is 1.66. The number of phenolic OH excluding ortho intramolecular Hbond substituents is 1. The summed E-state index contributed by atoms with van der Waals surface area (Å²) in [4.78, 5) is 11.8. The van der Waals surface area contributed by atoms with E-state index >= 15 is 0 Å². The minimum Gasteiger partial charge on any atom is -0.508 e. The smallest absolute Gasteiger partial charge is 0.330 e. The predicted octanol–water partition coefficient (Wildman–Crippen LogP) is 5.64. The third-order valence-electron chi connectivity index (χ3n) is 4.93. The Kier molecular flexibility index (Phi) is 5.66. The monoisotopic (exact) mass is 397 g/mol. The highest BCUT2D eigenvalue weighted by Gasteiger charge is 2.09. The van der Waals surface area contributed by atoms with Crippen molar-refractivity contribution in [2.75, 3.05) is 6.61 Å². The largest absolute Gasteiger partial charge is 0.508 e. The van der Waals surface area contributed by atoms with Crippen molar-refractivity contribution in [3.8, 4) is 16.9 Å². The fraction of sp³-hybridized carbons (Fsp3) is 0.115. The summed E-state index contributed by atoms with van der Waals surface area (Å²) in [6, 6.07) is 21.7. The van der Waals surface area contributed by atoms with Crippen molar-refractivity contribution in [2.45, 2.75) is 13.5 Å². The van der Waals surface area contributed by atoms with Gasteiger partial charge in [0.2, 0.25) is 0 Å². The van der Waals surface area contributed by atoms with Gasteiger partial charge in [-0.3, -0.25) is 0 Å². The standard InChI is InChI=1S/C26H23NO3/c1-2-30-26(29)13-11-23-17-27(18-25(23)20-6-4-3-5-7-20)16-19-8-9-22-15-24(28)12-10-21(22)14-19/h3-15,17-18,28H,2,16H2,1H3. The molecule has 0 unspecified atom stereocenters. The fourth-order valence-corrected chi connectivity index (χ4v) is 3.55. The van der Waals surface area contributed by atoms with Gasteiger partial charge in [-0.1, -0.05) is 48.5 Å². The highest BCUT2D eigenvalue weighted by atomic mass is 16.5. The lowest BCUT2D eigenvalue weighted by Gasteiger charge is -2.06. The number of aromatic nitrogens is 1. The molecule has 4 heteroatoms. The van der Waals surface area contributed by atoms with E-state index in [0.717, 1.165) is 33.0 Å². The Hall–Kier alpha value is -3.79. The molecule has 0 aliphatic rings. The summed E-state index contributed by atoms with van der Waals surface area (Å²) in [7, 11) is 0. The van der Waals surface area contributed by atoms with Gasteiger partial charge in [-0.15, -0.1) is 0 Å². The van der Waals surface area contributed by atoms with Gasteiger partial charge in [0.1, 0.15) is 5.75 Å². The molecule has 1 heterocycles. The van der Waals surface area contributed by atoms with Crippen LogP contribution >= 0.6 is 0 Å². The first kappa shape index (κ1) is 19.5. The van der Waals surface area contributed by atoms with Gasteiger partial charge in [-0.25, -0.2) is 4.79 Å². The number of nitrogens with zero attached hydrogens (tertiary/aromatic N) is 1. The second-order valence-corrected chi connectivity index (χ2v) is 7.12. The van der Waals surface area contributed by atoms with Crippen molar-refractivity contribution in [2.24, 2.45) is 0 Å². The highest BCUT2D eigenvalue weighted by Crippen LogP contribution is 2.27. The summed E-state index contributed by atoms with van der Waals surface area (Å²) >= 11 is 0. The fourth-order valence-electron chi connectivity index (χ4n) is 3.55. The molecule has 0 fully saturated rings. The van der Waals surface area contributed by atoms with Crippen LogP contribution in [0.15, 0.2) is 85.2 Å². The summed E-state index contributed by atoms with van der Waals surface area (Å²) in [5.41, 5.74) is 4.26. The van der Waals surface area contributed by atoms with Crippen molar-refractivity contribution >= 4 is 22.8 Å². The number of fused-ring (bicyclic) bond motifs is 1. The number of phenols is 1. The zero-order chi connectivity index (χ0) is 20.9. The zero-order valence-electron chi connectivity index (χ0n) is 16.8. The third kappa shape index (κ3) is 4.44. The molecule has 0 amide bonds. The Bertz CT molecular complexity index is 1210. The van der Waals surface area contributed by atoms with E-state index in [9.17, 15) is 9.90 Å². The van der Waals surface area contributed by atoms with Crippen molar-refractivity contribution in [3.05, 3.63) is 96.3 Å². The molecule has 30 heavy (non-hydrogen) atoms.